The van der Waals surface area contributed by atoms with Crippen molar-refractivity contribution >= 4 is 26.6 Å². The van der Waals surface area contributed by atoms with Crippen LogP contribution >= 0.6 is 0 Å². The van der Waals surface area contributed by atoms with Crippen LogP contribution in [0.5, 0.6) is 0 Å². The fraction of sp³-hybridized carbons (Fsp3) is 0.529. The highest BCUT2D eigenvalue weighted by Crippen LogP contribution is 2.26. The maximum Gasteiger partial charge on any atom is 0.175 e. The first-order valence-electron chi connectivity index (χ1n) is 8.48. The molecule has 25 heavy (non-hydrogen) atoms. The molecule has 2 heterocycles. The van der Waals surface area contributed by atoms with Gasteiger partial charge in [-0.25, -0.2) is 18.4 Å². The molecule has 2 aromatic rings. The highest BCUT2D eigenvalue weighted by atomic mass is 32.2. The molecule has 1 aromatic heterocycles. The standard InChI is InChI=1S/C17H24N4O3S/c1-3-13(22)11-20-6-8-21(9-7-20)17-15-10-14(25(2,23)24)4-5-16(15)18-12-19-17/h4-5,10,12-13,22H,3,6-9,11H2,1-2H3/t13-/m0/s1. The summed E-state index contributed by atoms with van der Waals surface area (Å²) in [6, 6.07) is 4.97. The molecular weight excluding hydrogens is 340 g/mol. The third-order valence-electron chi connectivity index (χ3n) is 4.63. The number of aliphatic hydroxyl groups is 1. The molecular formula is C17H24N4O3S. The fourth-order valence-electron chi connectivity index (χ4n) is 3.07. The number of hydrogen-bond acceptors (Lipinski definition) is 7. The van der Waals surface area contributed by atoms with E-state index in [0.717, 1.165) is 49.3 Å². The molecule has 8 heteroatoms. The lowest BCUT2D eigenvalue weighted by atomic mass is 10.2. The van der Waals surface area contributed by atoms with Gasteiger partial charge in [0.1, 0.15) is 12.1 Å². The van der Waals surface area contributed by atoms with Gasteiger partial charge in [0.15, 0.2) is 9.84 Å². The van der Waals surface area contributed by atoms with Gasteiger partial charge in [-0.3, -0.25) is 4.90 Å². The molecule has 0 bridgehead atoms. The smallest absolute Gasteiger partial charge is 0.175 e. The Morgan fingerprint density at radius 1 is 1.20 bits per heavy atom. The van der Waals surface area contributed by atoms with Gasteiger partial charge in [-0.05, 0) is 24.6 Å². The Balaban J connectivity index is 1.84. The van der Waals surface area contributed by atoms with Crippen LogP contribution in [0.25, 0.3) is 10.9 Å². The average molecular weight is 364 g/mol. The molecule has 0 aliphatic carbocycles. The summed E-state index contributed by atoms with van der Waals surface area (Å²) in [5.41, 5.74) is 0.737. The predicted octanol–water partition coefficient (Wildman–Crippen LogP) is 0.926. The predicted molar refractivity (Wildman–Crippen MR) is 97.6 cm³/mol. The van der Waals surface area contributed by atoms with Gasteiger partial charge < -0.3 is 10.0 Å². The van der Waals surface area contributed by atoms with Gasteiger partial charge in [-0.1, -0.05) is 6.92 Å². The number of anilines is 1. The van der Waals surface area contributed by atoms with E-state index in [1.807, 2.05) is 6.92 Å². The number of piperazine rings is 1. The van der Waals surface area contributed by atoms with Crippen molar-refractivity contribution in [1.82, 2.24) is 14.9 Å². The van der Waals surface area contributed by atoms with E-state index in [-0.39, 0.29) is 11.0 Å². The molecule has 7 nitrogen and oxygen atoms in total. The van der Waals surface area contributed by atoms with E-state index in [0.29, 0.717) is 6.54 Å². The lowest BCUT2D eigenvalue weighted by Crippen LogP contribution is -2.48. The van der Waals surface area contributed by atoms with Gasteiger partial charge in [0.2, 0.25) is 0 Å². The summed E-state index contributed by atoms with van der Waals surface area (Å²) in [6.07, 6.45) is 3.19. The van der Waals surface area contributed by atoms with Crippen molar-refractivity contribution in [2.45, 2.75) is 24.3 Å². The molecule has 0 radical (unpaired) electrons. The monoisotopic (exact) mass is 364 g/mol. The number of fused-ring (bicyclic) bond motifs is 1. The summed E-state index contributed by atoms with van der Waals surface area (Å²) in [5, 5.41) is 10.6. The second-order valence-electron chi connectivity index (χ2n) is 6.50. The number of β-amino-alcohol motifs (C(OH)–C–C–N with tert-alkyl or cyclic N) is 1. The normalized spacial score (nSPS) is 17.8. The summed E-state index contributed by atoms with van der Waals surface area (Å²) in [5.74, 6) is 0.770. The molecule has 136 valence electrons. The maximum absolute atomic E-state index is 11.9. The molecule has 3 rings (SSSR count). The van der Waals surface area contributed by atoms with Crippen LogP contribution in [0.2, 0.25) is 0 Å². The topological polar surface area (TPSA) is 86.6 Å². The van der Waals surface area contributed by atoms with Gasteiger partial charge >= 0.3 is 0 Å². The number of hydrogen-bond donors (Lipinski definition) is 1. The number of sulfone groups is 1. The van der Waals surface area contributed by atoms with Gasteiger partial charge in [0, 0.05) is 44.4 Å². The van der Waals surface area contributed by atoms with Crippen molar-refractivity contribution in [3.63, 3.8) is 0 Å². The summed E-state index contributed by atoms with van der Waals surface area (Å²) < 4.78 is 23.7. The molecule has 1 atom stereocenters. The van der Waals surface area contributed by atoms with Crippen LogP contribution in [0, 0.1) is 0 Å². The Hall–Kier alpha value is -1.77. The third-order valence-corrected chi connectivity index (χ3v) is 5.74. The second kappa shape index (κ2) is 7.23. The van der Waals surface area contributed by atoms with Crippen molar-refractivity contribution in [3.8, 4) is 0 Å². The van der Waals surface area contributed by atoms with Crippen LogP contribution in [-0.4, -0.2) is 73.5 Å². The minimum absolute atomic E-state index is 0.278. The largest absolute Gasteiger partial charge is 0.392 e. The summed E-state index contributed by atoms with van der Waals surface area (Å²) in [4.78, 5) is 13.3. The quantitative estimate of drug-likeness (QED) is 0.844. The van der Waals surface area contributed by atoms with E-state index >= 15 is 0 Å². The van der Waals surface area contributed by atoms with E-state index in [4.69, 9.17) is 0 Å². The minimum atomic E-state index is -3.28. The van der Waals surface area contributed by atoms with Crippen LogP contribution < -0.4 is 4.90 Å². The average Bonchev–Trinajstić information content (AvgIpc) is 2.60. The molecule has 0 spiro atoms. The zero-order chi connectivity index (χ0) is 18.0. The van der Waals surface area contributed by atoms with Crippen LogP contribution in [0.4, 0.5) is 5.82 Å². The van der Waals surface area contributed by atoms with Crippen molar-refractivity contribution in [2.75, 3.05) is 43.9 Å². The summed E-state index contributed by atoms with van der Waals surface area (Å²) >= 11 is 0. The summed E-state index contributed by atoms with van der Waals surface area (Å²) in [6.45, 7) is 5.92. The highest BCUT2D eigenvalue weighted by Gasteiger charge is 2.21. The Kier molecular flexibility index (Phi) is 5.21. The SMILES string of the molecule is CC[C@H](O)CN1CCN(c2ncnc3ccc(S(C)(=O)=O)cc23)CC1. The molecule has 1 N–H and O–H groups in total. The zero-order valence-corrected chi connectivity index (χ0v) is 15.4. The Labute approximate surface area is 148 Å². The van der Waals surface area contributed by atoms with Gasteiger partial charge in [-0.15, -0.1) is 0 Å². The van der Waals surface area contributed by atoms with Crippen LogP contribution in [0.15, 0.2) is 29.4 Å². The van der Waals surface area contributed by atoms with Crippen LogP contribution in [0.3, 0.4) is 0 Å². The third kappa shape index (κ3) is 4.08. The number of benzene rings is 1. The first-order valence-corrected chi connectivity index (χ1v) is 10.4. The number of rotatable bonds is 5. The Morgan fingerprint density at radius 2 is 1.92 bits per heavy atom. The van der Waals surface area contributed by atoms with Crippen molar-refractivity contribution in [2.24, 2.45) is 0 Å². The number of aliphatic hydroxyl groups excluding tert-OH is 1. The molecule has 1 aliphatic heterocycles. The molecule has 0 saturated carbocycles. The highest BCUT2D eigenvalue weighted by molar-refractivity contribution is 7.90. The van der Waals surface area contributed by atoms with Crippen molar-refractivity contribution in [1.29, 1.82) is 0 Å². The van der Waals surface area contributed by atoms with Crippen molar-refractivity contribution < 1.29 is 13.5 Å². The lowest BCUT2D eigenvalue weighted by Gasteiger charge is -2.36. The Morgan fingerprint density at radius 3 is 2.56 bits per heavy atom. The molecule has 0 unspecified atom stereocenters. The molecule has 1 aliphatic rings. The molecule has 1 saturated heterocycles. The fourth-order valence-corrected chi connectivity index (χ4v) is 3.72. The zero-order valence-electron chi connectivity index (χ0n) is 14.6. The maximum atomic E-state index is 11.9. The van der Waals surface area contributed by atoms with Gasteiger partial charge in [-0.2, -0.15) is 0 Å². The van der Waals surface area contributed by atoms with Crippen LogP contribution in [-0.2, 0) is 9.84 Å². The first-order chi connectivity index (χ1) is 11.9. The molecule has 1 fully saturated rings. The van der Waals surface area contributed by atoms with E-state index in [9.17, 15) is 13.5 Å². The van der Waals surface area contributed by atoms with Gasteiger partial charge in [0.05, 0.1) is 16.5 Å². The number of nitrogens with zero attached hydrogens (tertiary/aromatic N) is 4. The second-order valence-corrected chi connectivity index (χ2v) is 8.51. The van der Waals surface area contributed by atoms with Crippen LogP contribution in [0.1, 0.15) is 13.3 Å². The molecule has 0 amide bonds. The number of aromatic nitrogens is 2. The van der Waals surface area contributed by atoms with Crippen molar-refractivity contribution in [3.05, 3.63) is 24.5 Å². The van der Waals surface area contributed by atoms with E-state index in [2.05, 4.69) is 19.8 Å². The van der Waals surface area contributed by atoms with E-state index in [1.165, 1.54) is 12.6 Å². The minimum Gasteiger partial charge on any atom is -0.392 e. The van der Waals surface area contributed by atoms with E-state index < -0.39 is 9.84 Å². The first kappa shape index (κ1) is 18.0. The van der Waals surface area contributed by atoms with Gasteiger partial charge in [0.25, 0.3) is 0 Å². The Bertz CT molecular complexity index is 848. The summed E-state index contributed by atoms with van der Waals surface area (Å²) in [7, 11) is -3.28. The van der Waals surface area contributed by atoms with E-state index in [1.54, 1.807) is 18.2 Å². The molecule has 1 aromatic carbocycles. The lowest BCUT2D eigenvalue weighted by molar-refractivity contribution is 0.106.